The molecule has 0 atom stereocenters. The van der Waals surface area contributed by atoms with Crippen molar-refractivity contribution in [3.63, 3.8) is 0 Å². The summed E-state index contributed by atoms with van der Waals surface area (Å²) in [6.07, 6.45) is 0.332. The molecular formula is C13H18O3. The molecule has 0 bridgehead atoms. The fraction of sp³-hybridized carbons (Fsp3) is 0.462. The molecule has 0 heterocycles. The Morgan fingerprint density at radius 3 is 2.44 bits per heavy atom. The highest BCUT2D eigenvalue weighted by atomic mass is 17.2. The molecule has 88 valence electrons. The van der Waals surface area contributed by atoms with Crippen LogP contribution in [0.3, 0.4) is 0 Å². The highest BCUT2D eigenvalue weighted by Crippen LogP contribution is 2.20. The summed E-state index contributed by atoms with van der Waals surface area (Å²) < 4.78 is 0. The molecule has 0 aliphatic carbocycles. The van der Waals surface area contributed by atoms with Gasteiger partial charge in [-0.25, -0.2) is 4.79 Å². The number of carbonyl (C=O) groups excluding carboxylic acids is 1. The van der Waals surface area contributed by atoms with Crippen LogP contribution in [0.1, 0.15) is 32.8 Å². The summed E-state index contributed by atoms with van der Waals surface area (Å²) in [4.78, 5) is 21.1. The van der Waals surface area contributed by atoms with Crippen LogP contribution >= 0.6 is 0 Å². The highest BCUT2D eigenvalue weighted by molar-refractivity contribution is 5.69. The topological polar surface area (TPSA) is 35.5 Å². The maximum atomic E-state index is 11.4. The zero-order valence-electron chi connectivity index (χ0n) is 10.2. The molecule has 0 saturated carbocycles. The molecule has 0 aliphatic rings. The second-order valence-electron chi connectivity index (χ2n) is 5.04. The molecule has 16 heavy (non-hydrogen) atoms. The largest absolute Gasteiger partial charge is 0.355 e. The lowest BCUT2D eigenvalue weighted by Gasteiger charge is -2.15. The monoisotopic (exact) mass is 222 g/mol. The molecule has 1 aromatic carbocycles. The fourth-order valence-electron chi connectivity index (χ4n) is 1.20. The van der Waals surface area contributed by atoms with Crippen molar-refractivity contribution < 1.29 is 14.6 Å². The van der Waals surface area contributed by atoms with E-state index in [0.717, 1.165) is 5.56 Å². The van der Waals surface area contributed by atoms with E-state index in [-0.39, 0.29) is 11.4 Å². The van der Waals surface area contributed by atoms with E-state index in [9.17, 15) is 4.79 Å². The molecule has 0 radical (unpaired) electrons. The second-order valence-corrected chi connectivity index (χ2v) is 5.04. The fourth-order valence-corrected chi connectivity index (χ4v) is 1.20. The van der Waals surface area contributed by atoms with Crippen LogP contribution in [0.15, 0.2) is 24.3 Å². The van der Waals surface area contributed by atoms with Gasteiger partial charge in [0.2, 0.25) is 0 Å². The number of rotatable bonds is 3. The molecule has 0 amide bonds. The average molecular weight is 222 g/mol. The molecule has 0 aromatic heterocycles. The van der Waals surface area contributed by atoms with Gasteiger partial charge < -0.3 is 0 Å². The van der Waals surface area contributed by atoms with Crippen LogP contribution in [0.4, 0.5) is 0 Å². The molecule has 3 heteroatoms. The number of benzene rings is 1. The molecule has 0 spiro atoms. The minimum atomic E-state index is -0.351. The molecule has 0 saturated heterocycles. The van der Waals surface area contributed by atoms with Crippen LogP contribution in [-0.4, -0.2) is 5.97 Å². The summed E-state index contributed by atoms with van der Waals surface area (Å²) in [7, 11) is 0. The van der Waals surface area contributed by atoms with Crippen molar-refractivity contribution in [1.82, 2.24) is 0 Å². The molecule has 0 unspecified atom stereocenters. The SMILES string of the molecule is Cc1ccccc1OOC(=O)CC(C)(C)C. The van der Waals surface area contributed by atoms with E-state index < -0.39 is 0 Å². The van der Waals surface area contributed by atoms with Crippen molar-refractivity contribution in [1.29, 1.82) is 0 Å². The lowest BCUT2D eigenvalue weighted by Crippen LogP contribution is -2.17. The molecule has 0 fully saturated rings. The Bertz CT molecular complexity index is 364. The van der Waals surface area contributed by atoms with Gasteiger partial charge in [-0.05, 0) is 24.0 Å². The molecular weight excluding hydrogens is 204 g/mol. The molecule has 1 aromatic rings. The van der Waals surface area contributed by atoms with Gasteiger partial charge in [-0.2, -0.15) is 0 Å². The molecule has 1 rings (SSSR count). The Balaban J connectivity index is 2.47. The average Bonchev–Trinajstić information content (AvgIpc) is 2.14. The van der Waals surface area contributed by atoms with Crippen LogP contribution in [-0.2, 0) is 9.68 Å². The third kappa shape index (κ3) is 4.34. The van der Waals surface area contributed by atoms with Crippen molar-refractivity contribution in [2.75, 3.05) is 0 Å². The van der Waals surface area contributed by atoms with Gasteiger partial charge in [0.05, 0.1) is 6.42 Å². The van der Waals surface area contributed by atoms with Crippen LogP contribution < -0.4 is 4.89 Å². The zero-order valence-corrected chi connectivity index (χ0v) is 10.2. The maximum absolute atomic E-state index is 11.4. The van der Waals surface area contributed by atoms with Crippen LogP contribution in [0.2, 0.25) is 0 Å². The van der Waals surface area contributed by atoms with Crippen molar-refractivity contribution in [2.24, 2.45) is 5.41 Å². The third-order valence-corrected chi connectivity index (χ3v) is 1.99. The number of carbonyl (C=O) groups is 1. The quantitative estimate of drug-likeness (QED) is 0.581. The first-order chi connectivity index (χ1) is 7.38. The summed E-state index contributed by atoms with van der Waals surface area (Å²) in [6, 6.07) is 7.39. The van der Waals surface area contributed by atoms with Gasteiger partial charge in [0.15, 0.2) is 5.75 Å². The van der Waals surface area contributed by atoms with E-state index in [0.29, 0.717) is 12.2 Å². The van der Waals surface area contributed by atoms with Gasteiger partial charge in [0.1, 0.15) is 0 Å². The minimum Gasteiger partial charge on any atom is -0.287 e. The predicted molar refractivity (Wildman–Crippen MR) is 62.0 cm³/mol. The minimum absolute atomic E-state index is 0.0911. The summed E-state index contributed by atoms with van der Waals surface area (Å²) >= 11 is 0. The molecule has 3 nitrogen and oxygen atoms in total. The van der Waals surface area contributed by atoms with Crippen LogP contribution in [0.25, 0.3) is 0 Å². The van der Waals surface area contributed by atoms with Gasteiger partial charge in [0.25, 0.3) is 0 Å². The van der Waals surface area contributed by atoms with E-state index in [1.165, 1.54) is 0 Å². The van der Waals surface area contributed by atoms with Gasteiger partial charge in [-0.15, -0.1) is 0 Å². The Hall–Kier alpha value is -1.51. The lowest BCUT2D eigenvalue weighted by atomic mass is 9.93. The first-order valence-corrected chi connectivity index (χ1v) is 5.31. The zero-order chi connectivity index (χ0) is 12.2. The predicted octanol–water partition coefficient (Wildman–Crippen LogP) is 3.27. The van der Waals surface area contributed by atoms with Gasteiger partial charge in [0, 0.05) is 0 Å². The first-order valence-electron chi connectivity index (χ1n) is 5.31. The van der Waals surface area contributed by atoms with E-state index in [1.54, 1.807) is 6.07 Å². The lowest BCUT2D eigenvalue weighted by molar-refractivity contribution is -0.215. The summed E-state index contributed by atoms with van der Waals surface area (Å²) in [5, 5.41) is 0. The summed E-state index contributed by atoms with van der Waals surface area (Å²) in [5.74, 6) is 0.223. The standard InChI is InChI=1S/C13H18O3/c1-10-7-5-6-8-11(10)15-16-12(14)9-13(2,3)4/h5-8H,9H2,1-4H3. The van der Waals surface area contributed by atoms with E-state index >= 15 is 0 Å². The summed E-state index contributed by atoms with van der Waals surface area (Å²) in [6.45, 7) is 7.82. The number of para-hydroxylation sites is 1. The Morgan fingerprint density at radius 2 is 1.88 bits per heavy atom. The van der Waals surface area contributed by atoms with E-state index in [1.807, 2.05) is 45.9 Å². The van der Waals surface area contributed by atoms with Gasteiger partial charge >= 0.3 is 5.97 Å². The maximum Gasteiger partial charge on any atom is 0.355 e. The Kier molecular flexibility index (Phi) is 3.93. The van der Waals surface area contributed by atoms with Crippen LogP contribution in [0, 0.1) is 12.3 Å². The van der Waals surface area contributed by atoms with Crippen molar-refractivity contribution >= 4 is 5.97 Å². The van der Waals surface area contributed by atoms with Gasteiger partial charge in [-0.3, -0.25) is 9.78 Å². The third-order valence-electron chi connectivity index (χ3n) is 1.99. The smallest absolute Gasteiger partial charge is 0.287 e. The first kappa shape index (κ1) is 12.6. The van der Waals surface area contributed by atoms with Gasteiger partial charge in [-0.1, -0.05) is 39.0 Å². The number of hydrogen-bond acceptors (Lipinski definition) is 3. The van der Waals surface area contributed by atoms with Crippen LogP contribution in [0.5, 0.6) is 5.75 Å². The van der Waals surface area contributed by atoms with Crippen molar-refractivity contribution in [2.45, 2.75) is 34.1 Å². The van der Waals surface area contributed by atoms with E-state index in [2.05, 4.69) is 0 Å². The molecule has 0 N–H and O–H groups in total. The normalized spacial score (nSPS) is 11.0. The Labute approximate surface area is 96.3 Å². The van der Waals surface area contributed by atoms with Crippen molar-refractivity contribution in [3.8, 4) is 5.75 Å². The number of aryl methyl sites for hydroxylation is 1. The molecule has 0 aliphatic heterocycles. The second kappa shape index (κ2) is 5.01. The number of hydrogen-bond donors (Lipinski definition) is 0. The summed E-state index contributed by atoms with van der Waals surface area (Å²) in [5.41, 5.74) is 0.845. The van der Waals surface area contributed by atoms with E-state index in [4.69, 9.17) is 9.78 Å². The Morgan fingerprint density at radius 1 is 1.25 bits per heavy atom. The highest BCUT2D eigenvalue weighted by Gasteiger charge is 2.18. The van der Waals surface area contributed by atoms with Crippen molar-refractivity contribution in [3.05, 3.63) is 29.8 Å².